The fourth-order valence-corrected chi connectivity index (χ4v) is 3.71. The molecule has 0 saturated carbocycles. The number of hydrogen-bond acceptors (Lipinski definition) is 5. The molecule has 1 saturated heterocycles. The van der Waals surface area contributed by atoms with Crippen LogP contribution in [-0.2, 0) is 0 Å². The fraction of sp³-hybridized carbons (Fsp3) is 0.235. The van der Waals surface area contributed by atoms with Crippen LogP contribution in [0.25, 0.3) is 10.2 Å². The lowest BCUT2D eigenvalue weighted by atomic mass is 10.2. The number of rotatable bonds is 2. The molecule has 0 unspecified atom stereocenters. The molecule has 2 heterocycles. The Morgan fingerprint density at radius 1 is 1.04 bits per heavy atom. The maximum atomic E-state index is 5.58. The number of para-hydroxylation sites is 1. The van der Waals surface area contributed by atoms with E-state index in [1.165, 1.54) is 17.2 Å². The van der Waals surface area contributed by atoms with Crippen molar-refractivity contribution in [3.05, 3.63) is 48.5 Å². The number of thiocarbonyl (C=S) groups is 1. The highest BCUT2D eigenvalue weighted by Crippen LogP contribution is 2.21. The summed E-state index contributed by atoms with van der Waals surface area (Å²) in [5.74, 6) is 0. The zero-order valence-electron chi connectivity index (χ0n) is 13.1. The van der Waals surface area contributed by atoms with E-state index in [4.69, 9.17) is 12.2 Å². The molecule has 3 aromatic rings. The van der Waals surface area contributed by atoms with Crippen LogP contribution >= 0.6 is 23.8 Å². The van der Waals surface area contributed by atoms with Gasteiger partial charge in [0, 0.05) is 37.6 Å². The highest BCUT2D eigenvalue weighted by molar-refractivity contribution is 7.80. The molecule has 2 aromatic carbocycles. The van der Waals surface area contributed by atoms with Gasteiger partial charge in [-0.1, -0.05) is 22.7 Å². The number of hydrogen-bond donors (Lipinski definition) is 1. The zero-order chi connectivity index (χ0) is 16.4. The van der Waals surface area contributed by atoms with Crippen molar-refractivity contribution in [1.82, 2.24) is 14.5 Å². The second-order valence-corrected chi connectivity index (χ2v) is 6.87. The van der Waals surface area contributed by atoms with Crippen LogP contribution in [-0.4, -0.2) is 45.8 Å². The first-order chi connectivity index (χ1) is 11.8. The molecule has 0 bridgehead atoms. The molecule has 1 aliphatic heterocycles. The molecule has 122 valence electrons. The topological polar surface area (TPSA) is 44.3 Å². The van der Waals surface area contributed by atoms with Crippen molar-refractivity contribution >= 4 is 50.5 Å². The van der Waals surface area contributed by atoms with E-state index in [1.54, 1.807) is 0 Å². The minimum absolute atomic E-state index is 0.769. The molecule has 7 heteroatoms. The van der Waals surface area contributed by atoms with Crippen LogP contribution in [0.3, 0.4) is 0 Å². The smallest absolute Gasteiger partial charge is 0.173 e. The van der Waals surface area contributed by atoms with Crippen LogP contribution in [0.1, 0.15) is 0 Å². The number of fused-ring (bicyclic) bond motifs is 1. The molecule has 0 radical (unpaired) electrons. The third-order valence-corrected chi connectivity index (χ3v) is 5.25. The van der Waals surface area contributed by atoms with Crippen LogP contribution in [0.5, 0.6) is 0 Å². The van der Waals surface area contributed by atoms with Crippen LogP contribution in [0.15, 0.2) is 48.5 Å². The lowest BCUT2D eigenvalue weighted by Gasteiger charge is -2.37. The maximum Gasteiger partial charge on any atom is 0.173 e. The van der Waals surface area contributed by atoms with Crippen molar-refractivity contribution < 1.29 is 0 Å². The van der Waals surface area contributed by atoms with Gasteiger partial charge in [0.1, 0.15) is 5.52 Å². The van der Waals surface area contributed by atoms with Crippen molar-refractivity contribution in [3.8, 4) is 0 Å². The Morgan fingerprint density at radius 2 is 1.83 bits per heavy atom. The predicted molar refractivity (Wildman–Crippen MR) is 104 cm³/mol. The number of nitrogens with zero attached hydrogens (tertiary/aromatic N) is 4. The van der Waals surface area contributed by atoms with E-state index < -0.39 is 0 Å². The molecule has 4 rings (SSSR count). The number of anilines is 2. The van der Waals surface area contributed by atoms with Crippen LogP contribution in [0.4, 0.5) is 11.4 Å². The molecule has 1 N–H and O–H groups in total. The first-order valence-corrected chi connectivity index (χ1v) is 9.06. The van der Waals surface area contributed by atoms with Gasteiger partial charge < -0.3 is 15.1 Å². The van der Waals surface area contributed by atoms with Crippen molar-refractivity contribution in [3.63, 3.8) is 0 Å². The Hall–Kier alpha value is -2.25. The van der Waals surface area contributed by atoms with Gasteiger partial charge in [-0.15, -0.1) is 5.10 Å². The van der Waals surface area contributed by atoms with E-state index in [1.807, 2.05) is 24.3 Å². The van der Waals surface area contributed by atoms with Gasteiger partial charge in [-0.05, 0) is 54.1 Å². The summed E-state index contributed by atoms with van der Waals surface area (Å²) in [4.78, 5) is 4.62. The maximum absolute atomic E-state index is 5.58. The van der Waals surface area contributed by atoms with Crippen LogP contribution in [0, 0.1) is 0 Å². The monoisotopic (exact) mass is 355 g/mol. The zero-order valence-corrected chi connectivity index (χ0v) is 14.7. The summed E-state index contributed by atoms with van der Waals surface area (Å²) in [6, 6.07) is 16.6. The third-order valence-electron chi connectivity index (χ3n) is 4.19. The lowest BCUT2D eigenvalue weighted by Crippen LogP contribution is -2.50. The summed E-state index contributed by atoms with van der Waals surface area (Å²) < 4.78 is 5.05. The summed E-state index contributed by atoms with van der Waals surface area (Å²) in [6.45, 7) is 3.78. The Balaban J connectivity index is 1.37. The molecule has 24 heavy (non-hydrogen) atoms. The second-order valence-electron chi connectivity index (χ2n) is 5.70. The van der Waals surface area contributed by atoms with E-state index in [0.29, 0.717) is 0 Å². The van der Waals surface area contributed by atoms with E-state index in [-0.39, 0.29) is 0 Å². The molecule has 1 aromatic heterocycles. The van der Waals surface area contributed by atoms with Gasteiger partial charge in [-0.2, -0.15) is 0 Å². The summed E-state index contributed by atoms with van der Waals surface area (Å²) in [7, 11) is 0. The van der Waals surface area contributed by atoms with Gasteiger partial charge in [0.2, 0.25) is 0 Å². The van der Waals surface area contributed by atoms with E-state index in [0.717, 1.165) is 47.2 Å². The van der Waals surface area contributed by atoms with Gasteiger partial charge in [0.05, 0.1) is 4.70 Å². The highest BCUT2D eigenvalue weighted by Gasteiger charge is 2.19. The average molecular weight is 355 g/mol. The minimum atomic E-state index is 0.769. The number of aromatic nitrogens is 2. The van der Waals surface area contributed by atoms with Gasteiger partial charge in [-0.3, -0.25) is 0 Å². The largest absolute Gasteiger partial charge is 0.368 e. The number of benzene rings is 2. The van der Waals surface area contributed by atoms with E-state index >= 15 is 0 Å². The van der Waals surface area contributed by atoms with E-state index in [2.05, 4.69) is 49.0 Å². The average Bonchev–Trinajstić information content (AvgIpc) is 3.10. The lowest BCUT2D eigenvalue weighted by molar-refractivity contribution is 0.391. The van der Waals surface area contributed by atoms with Gasteiger partial charge >= 0.3 is 0 Å². The second kappa shape index (κ2) is 6.70. The van der Waals surface area contributed by atoms with Crippen molar-refractivity contribution in [2.24, 2.45) is 0 Å². The molecule has 5 nitrogen and oxygen atoms in total. The Bertz CT molecular complexity index is 840. The first kappa shape index (κ1) is 15.3. The van der Waals surface area contributed by atoms with Crippen LogP contribution in [0.2, 0.25) is 0 Å². The van der Waals surface area contributed by atoms with Crippen molar-refractivity contribution in [2.75, 3.05) is 36.4 Å². The van der Waals surface area contributed by atoms with Crippen LogP contribution < -0.4 is 10.2 Å². The molecular formula is C17H17N5S2. The fourth-order valence-electron chi connectivity index (χ4n) is 2.87. The Kier molecular flexibility index (Phi) is 4.27. The first-order valence-electron chi connectivity index (χ1n) is 7.88. The van der Waals surface area contributed by atoms with Gasteiger partial charge in [-0.25, -0.2) is 0 Å². The van der Waals surface area contributed by atoms with Gasteiger partial charge in [0.15, 0.2) is 5.11 Å². The molecule has 1 aliphatic rings. The SMILES string of the molecule is S=C(Nc1ccc2snnc2c1)N1CCN(c2ccccc2)CC1. The summed E-state index contributed by atoms with van der Waals surface area (Å²) in [5, 5.41) is 8.20. The molecule has 0 spiro atoms. The number of piperazine rings is 1. The Morgan fingerprint density at radius 3 is 2.62 bits per heavy atom. The third kappa shape index (κ3) is 3.18. The van der Waals surface area contributed by atoms with Gasteiger partial charge in [0.25, 0.3) is 0 Å². The molecular weight excluding hydrogens is 338 g/mol. The van der Waals surface area contributed by atoms with Crippen molar-refractivity contribution in [2.45, 2.75) is 0 Å². The predicted octanol–water partition coefficient (Wildman–Crippen LogP) is 3.21. The molecule has 0 amide bonds. The quantitative estimate of drug-likeness (QED) is 0.712. The van der Waals surface area contributed by atoms with E-state index in [9.17, 15) is 0 Å². The number of nitrogens with one attached hydrogen (secondary N) is 1. The summed E-state index contributed by atoms with van der Waals surface area (Å²) >= 11 is 6.98. The standard InChI is InChI=1S/C17H17N5S2/c23-17(18-13-6-7-16-15(12-13)19-20-24-16)22-10-8-21(9-11-22)14-4-2-1-3-5-14/h1-7,12H,8-11H2,(H,18,23). The summed E-state index contributed by atoms with van der Waals surface area (Å²) in [5.41, 5.74) is 3.14. The molecule has 1 fully saturated rings. The van der Waals surface area contributed by atoms with Crippen molar-refractivity contribution in [1.29, 1.82) is 0 Å². The molecule has 0 atom stereocenters. The Labute approximate surface area is 150 Å². The summed E-state index contributed by atoms with van der Waals surface area (Å²) in [6.07, 6.45) is 0. The minimum Gasteiger partial charge on any atom is -0.368 e. The highest BCUT2D eigenvalue weighted by atomic mass is 32.1. The molecule has 0 aliphatic carbocycles. The normalized spacial score (nSPS) is 14.8.